The van der Waals surface area contributed by atoms with Crippen LogP contribution in [0.25, 0.3) is 10.9 Å². The van der Waals surface area contributed by atoms with Gasteiger partial charge in [0.15, 0.2) is 0 Å². The molecule has 0 aliphatic heterocycles. The molecule has 2 aromatic rings. The number of aryl methyl sites for hydroxylation is 2. The molecule has 13 heavy (non-hydrogen) atoms. The van der Waals surface area contributed by atoms with Gasteiger partial charge >= 0.3 is 0 Å². The van der Waals surface area contributed by atoms with Gasteiger partial charge in [0, 0.05) is 18.6 Å². The summed E-state index contributed by atoms with van der Waals surface area (Å²) in [5.41, 5.74) is 2.99. The molecular weight excluding hydrogens is 160 g/mol. The van der Waals surface area contributed by atoms with Crippen molar-refractivity contribution in [1.82, 2.24) is 4.57 Å². The maximum atomic E-state index is 8.91. The Balaban J connectivity index is 2.99. The fourth-order valence-electron chi connectivity index (χ4n) is 1.65. The summed E-state index contributed by atoms with van der Waals surface area (Å²) in [5, 5.41) is 10.1. The summed E-state index contributed by atoms with van der Waals surface area (Å²) in [6.07, 6.45) is 1.98. The smallest absolute Gasteiger partial charge is 0.101 e. The third-order valence-electron chi connectivity index (χ3n) is 2.37. The van der Waals surface area contributed by atoms with E-state index in [1.807, 2.05) is 36.0 Å². The summed E-state index contributed by atoms with van der Waals surface area (Å²) in [6, 6.07) is 8.11. The third kappa shape index (κ3) is 1.01. The maximum absolute atomic E-state index is 8.91. The average Bonchev–Trinajstić information content (AvgIpc) is 2.51. The summed E-state index contributed by atoms with van der Waals surface area (Å²) >= 11 is 0. The monoisotopic (exact) mass is 170 g/mol. The van der Waals surface area contributed by atoms with Gasteiger partial charge < -0.3 is 4.57 Å². The zero-order chi connectivity index (χ0) is 9.42. The van der Waals surface area contributed by atoms with E-state index in [-0.39, 0.29) is 0 Å². The van der Waals surface area contributed by atoms with E-state index >= 15 is 0 Å². The largest absolute Gasteiger partial charge is 0.349 e. The number of aromatic nitrogens is 1. The van der Waals surface area contributed by atoms with Crippen LogP contribution in [0.15, 0.2) is 24.4 Å². The van der Waals surface area contributed by atoms with Gasteiger partial charge in [-0.3, -0.25) is 0 Å². The maximum Gasteiger partial charge on any atom is 0.101 e. The van der Waals surface area contributed by atoms with E-state index in [4.69, 9.17) is 5.26 Å². The predicted octanol–water partition coefficient (Wildman–Crippen LogP) is 2.36. The van der Waals surface area contributed by atoms with Crippen LogP contribution < -0.4 is 0 Å². The molecule has 0 atom stereocenters. The topological polar surface area (TPSA) is 28.7 Å². The van der Waals surface area contributed by atoms with E-state index in [0.717, 1.165) is 11.1 Å². The Kier molecular flexibility index (Phi) is 1.60. The molecule has 2 heteroatoms. The van der Waals surface area contributed by atoms with Crippen LogP contribution >= 0.6 is 0 Å². The molecule has 0 radical (unpaired) electrons. The van der Waals surface area contributed by atoms with Gasteiger partial charge in [0.25, 0.3) is 0 Å². The lowest BCUT2D eigenvalue weighted by Gasteiger charge is -2.00. The van der Waals surface area contributed by atoms with Gasteiger partial charge in [0.1, 0.15) is 6.07 Å². The lowest BCUT2D eigenvalue weighted by molar-refractivity contribution is 0.967. The van der Waals surface area contributed by atoms with Crippen molar-refractivity contribution in [2.45, 2.75) is 6.92 Å². The molecule has 0 N–H and O–H groups in total. The number of nitriles is 1. The second kappa shape index (κ2) is 2.63. The van der Waals surface area contributed by atoms with Crippen molar-refractivity contribution in [2.75, 3.05) is 0 Å². The SMILES string of the molecule is Cc1ccc(C#N)c2c1ccn2C. The van der Waals surface area contributed by atoms with E-state index in [1.165, 1.54) is 10.9 Å². The van der Waals surface area contributed by atoms with Crippen LogP contribution in [-0.4, -0.2) is 4.57 Å². The van der Waals surface area contributed by atoms with Crippen molar-refractivity contribution in [2.24, 2.45) is 7.05 Å². The minimum Gasteiger partial charge on any atom is -0.349 e. The van der Waals surface area contributed by atoms with Crippen LogP contribution in [0.5, 0.6) is 0 Å². The summed E-state index contributed by atoms with van der Waals surface area (Å²) in [7, 11) is 1.96. The Morgan fingerprint density at radius 3 is 2.77 bits per heavy atom. The van der Waals surface area contributed by atoms with Crippen LogP contribution in [0.4, 0.5) is 0 Å². The number of hydrogen-bond donors (Lipinski definition) is 0. The second-order valence-corrected chi connectivity index (χ2v) is 3.23. The quantitative estimate of drug-likeness (QED) is 0.596. The molecule has 0 saturated heterocycles. The van der Waals surface area contributed by atoms with Crippen LogP contribution in [0.3, 0.4) is 0 Å². The molecule has 0 aliphatic rings. The molecule has 0 unspecified atom stereocenters. The highest BCUT2D eigenvalue weighted by Crippen LogP contribution is 2.22. The average molecular weight is 170 g/mol. The molecule has 0 amide bonds. The third-order valence-corrected chi connectivity index (χ3v) is 2.37. The number of rotatable bonds is 0. The minimum atomic E-state index is 0.744. The Labute approximate surface area is 77.0 Å². The summed E-state index contributed by atoms with van der Waals surface area (Å²) < 4.78 is 1.99. The fraction of sp³-hybridized carbons (Fsp3) is 0.182. The van der Waals surface area contributed by atoms with Crippen molar-refractivity contribution in [1.29, 1.82) is 5.26 Å². The molecule has 0 aliphatic carbocycles. The Bertz CT molecular complexity index is 501. The highest BCUT2D eigenvalue weighted by molar-refractivity contribution is 5.88. The Morgan fingerprint density at radius 1 is 1.31 bits per heavy atom. The van der Waals surface area contributed by atoms with Gasteiger partial charge in [-0.15, -0.1) is 0 Å². The van der Waals surface area contributed by atoms with E-state index < -0.39 is 0 Å². The van der Waals surface area contributed by atoms with E-state index in [2.05, 4.69) is 13.0 Å². The second-order valence-electron chi connectivity index (χ2n) is 3.23. The van der Waals surface area contributed by atoms with Crippen molar-refractivity contribution < 1.29 is 0 Å². The minimum absolute atomic E-state index is 0.744. The molecule has 1 heterocycles. The molecule has 1 aromatic carbocycles. The van der Waals surface area contributed by atoms with Crippen LogP contribution in [0.1, 0.15) is 11.1 Å². The number of nitrogens with zero attached hydrogens (tertiary/aromatic N) is 2. The fourth-order valence-corrected chi connectivity index (χ4v) is 1.65. The van der Waals surface area contributed by atoms with Crippen LogP contribution in [0, 0.1) is 18.3 Å². The standard InChI is InChI=1S/C11H10N2/c1-8-3-4-9(7-12)11-10(8)5-6-13(11)2/h3-6H,1-2H3. The first-order valence-electron chi connectivity index (χ1n) is 4.19. The Morgan fingerprint density at radius 2 is 2.08 bits per heavy atom. The van der Waals surface area contributed by atoms with E-state index in [0.29, 0.717) is 0 Å². The van der Waals surface area contributed by atoms with Gasteiger partial charge in [0.2, 0.25) is 0 Å². The number of hydrogen-bond acceptors (Lipinski definition) is 1. The summed E-state index contributed by atoms with van der Waals surface area (Å²) in [6.45, 7) is 2.06. The van der Waals surface area contributed by atoms with Gasteiger partial charge in [-0.05, 0) is 24.6 Å². The lowest BCUT2D eigenvalue weighted by atomic mass is 10.1. The van der Waals surface area contributed by atoms with Gasteiger partial charge in [0.05, 0.1) is 11.1 Å². The molecule has 2 nitrogen and oxygen atoms in total. The summed E-state index contributed by atoms with van der Waals surface area (Å²) in [5.74, 6) is 0. The molecule has 0 saturated carbocycles. The number of fused-ring (bicyclic) bond motifs is 1. The molecule has 2 rings (SSSR count). The van der Waals surface area contributed by atoms with Crippen LogP contribution in [0.2, 0.25) is 0 Å². The first kappa shape index (κ1) is 7.88. The molecule has 0 spiro atoms. The first-order chi connectivity index (χ1) is 6.24. The van der Waals surface area contributed by atoms with Crippen molar-refractivity contribution in [3.63, 3.8) is 0 Å². The Hall–Kier alpha value is -1.75. The van der Waals surface area contributed by atoms with Crippen molar-refractivity contribution >= 4 is 10.9 Å². The zero-order valence-electron chi connectivity index (χ0n) is 7.70. The van der Waals surface area contributed by atoms with Gasteiger partial charge in [-0.1, -0.05) is 6.07 Å². The predicted molar refractivity (Wildman–Crippen MR) is 52.4 cm³/mol. The van der Waals surface area contributed by atoms with Crippen molar-refractivity contribution in [3.8, 4) is 6.07 Å². The molecule has 0 bridgehead atoms. The number of benzene rings is 1. The molecular formula is C11H10N2. The highest BCUT2D eigenvalue weighted by Gasteiger charge is 2.05. The van der Waals surface area contributed by atoms with Crippen molar-refractivity contribution in [3.05, 3.63) is 35.5 Å². The summed E-state index contributed by atoms with van der Waals surface area (Å²) in [4.78, 5) is 0. The van der Waals surface area contributed by atoms with E-state index in [1.54, 1.807) is 0 Å². The lowest BCUT2D eigenvalue weighted by Crippen LogP contribution is -1.88. The molecule has 64 valence electrons. The first-order valence-corrected chi connectivity index (χ1v) is 4.19. The van der Waals surface area contributed by atoms with Crippen LogP contribution in [-0.2, 0) is 7.05 Å². The zero-order valence-corrected chi connectivity index (χ0v) is 7.70. The normalized spacial score (nSPS) is 10.2. The molecule has 0 fully saturated rings. The van der Waals surface area contributed by atoms with Gasteiger partial charge in [-0.25, -0.2) is 0 Å². The van der Waals surface area contributed by atoms with Gasteiger partial charge in [-0.2, -0.15) is 5.26 Å². The highest BCUT2D eigenvalue weighted by atomic mass is 14.9. The van der Waals surface area contributed by atoms with E-state index in [9.17, 15) is 0 Å². The molecule has 1 aromatic heterocycles.